The number of ether oxygens (including phenoxy) is 1. The van der Waals surface area contributed by atoms with Gasteiger partial charge < -0.3 is 4.74 Å². The number of nitro groups is 1. The molecule has 1 heterocycles. The number of carbonyl (C=O) groups excluding carboxylic acids is 2. The first-order valence-electron chi connectivity index (χ1n) is 7.16. The third-order valence-corrected chi connectivity index (χ3v) is 4.39. The number of hydrogen-bond donors (Lipinski definition) is 0. The first-order valence-corrected chi connectivity index (χ1v) is 7.98. The van der Waals surface area contributed by atoms with Gasteiger partial charge in [-0.15, -0.1) is 0 Å². The van der Waals surface area contributed by atoms with E-state index in [9.17, 15) is 19.7 Å². The minimum Gasteiger partial charge on any atom is -0.495 e. The highest BCUT2D eigenvalue weighted by Crippen LogP contribution is 2.39. The van der Waals surface area contributed by atoms with Crippen LogP contribution in [0, 0.1) is 10.1 Å². The normalized spacial score (nSPS) is 15.7. The Hall–Kier alpha value is -3.13. The van der Waals surface area contributed by atoms with E-state index in [0.717, 1.165) is 16.7 Å². The summed E-state index contributed by atoms with van der Waals surface area (Å²) < 4.78 is 5.20. The largest absolute Gasteiger partial charge is 0.495 e. The lowest BCUT2D eigenvalue weighted by molar-refractivity contribution is -0.384. The summed E-state index contributed by atoms with van der Waals surface area (Å²) in [7, 11) is 1.46. The summed E-state index contributed by atoms with van der Waals surface area (Å²) in [5.74, 6) is -0.0424. The highest BCUT2D eigenvalue weighted by Gasteiger charge is 2.37. The number of hydrogen-bond acceptors (Lipinski definition) is 6. The average molecular weight is 356 g/mol. The fraction of sp³-hybridized carbons (Fsp3) is 0.0588. The second kappa shape index (κ2) is 6.78. The van der Waals surface area contributed by atoms with Crippen LogP contribution in [0.5, 0.6) is 5.75 Å². The molecular weight excluding hydrogens is 344 g/mol. The van der Waals surface area contributed by atoms with E-state index in [1.807, 2.05) is 0 Å². The Bertz CT molecular complexity index is 892. The molecule has 25 heavy (non-hydrogen) atoms. The van der Waals surface area contributed by atoms with Crippen LogP contribution >= 0.6 is 11.8 Å². The van der Waals surface area contributed by atoms with Gasteiger partial charge in [0, 0.05) is 12.1 Å². The van der Waals surface area contributed by atoms with E-state index in [1.54, 1.807) is 24.3 Å². The molecule has 0 unspecified atom stereocenters. The third kappa shape index (κ3) is 3.24. The summed E-state index contributed by atoms with van der Waals surface area (Å²) in [6, 6.07) is 12.5. The Kier molecular flexibility index (Phi) is 4.53. The van der Waals surface area contributed by atoms with Crippen LogP contribution in [-0.4, -0.2) is 23.2 Å². The van der Waals surface area contributed by atoms with E-state index in [4.69, 9.17) is 4.74 Å². The lowest BCUT2D eigenvalue weighted by Gasteiger charge is -2.15. The fourth-order valence-corrected chi connectivity index (χ4v) is 3.17. The molecule has 2 aromatic carbocycles. The van der Waals surface area contributed by atoms with Crippen LogP contribution < -0.4 is 9.64 Å². The van der Waals surface area contributed by atoms with Crippen molar-refractivity contribution in [1.82, 2.24) is 0 Å². The molecule has 0 aliphatic carbocycles. The second-order valence-corrected chi connectivity index (χ2v) is 6.03. The van der Waals surface area contributed by atoms with Gasteiger partial charge in [-0.3, -0.25) is 19.7 Å². The molecule has 0 N–H and O–H groups in total. The van der Waals surface area contributed by atoms with Gasteiger partial charge in [0.2, 0.25) is 0 Å². The number of nitro benzene ring substituents is 1. The Balaban J connectivity index is 1.92. The molecule has 0 bridgehead atoms. The highest BCUT2D eigenvalue weighted by molar-refractivity contribution is 8.19. The molecule has 1 fully saturated rings. The van der Waals surface area contributed by atoms with Crippen molar-refractivity contribution in [2.24, 2.45) is 0 Å². The first kappa shape index (κ1) is 16.7. The molecule has 7 nitrogen and oxygen atoms in total. The van der Waals surface area contributed by atoms with Gasteiger partial charge in [-0.1, -0.05) is 12.1 Å². The van der Waals surface area contributed by atoms with Crippen LogP contribution in [-0.2, 0) is 4.79 Å². The van der Waals surface area contributed by atoms with E-state index < -0.39 is 16.1 Å². The Morgan fingerprint density at radius 1 is 1.12 bits per heavy atom. The van der Waals surface area contributed by atoms with Crippen LogP contribution in [0.3, 0.4) is 0 Å². The van der Waals surface area contributed by atoms with Gasteiger partial charge >= 0.3 is 0 Å². The number of thioether (sulfide) groups is 1. The number of non-ortho nitro benzene ring substituents is 1. The molecule has 0 spiro atoms. The Morgan fingerprint density at radius 3 is 2.44 bits per heavy atom. The summed E-state index contributed by atoms with van der Waals surface area (Å²) in [4.78, 5) is 36.4. The first-order chi connectivity index (χ1) is 12.0. The van der Waals surface area contributed by atoms with Crippen LogP contribution in [0.25, 0.3) is 6.08 Å². The van der Waals surface area contributed by atoms with Crippen molar-refractivity contribution in [2.45, 2.75) is 0 Å². The van der Waals surface area contributed by atoms with Gasteiger partial charge in [-0.2, -0.15) is 0 Å². The third-order valence-electron chi connectivity index (χ3n) is 3.52. The number of nitrogens with zero attached hydrogens (tertiary/aromatic N) is 2. The molecule has 126 valence electrons. The molecule has 2 amide bonds. The standard InChI is InChI=1S/C17H12N2O5S/c1-24-14-5-3-2-4-13(14)18-16(20)15(25-17(18)21)10-11-6-8-12(9-7-11)19(22)23/h2-10H,1H3. The molecule has 2 aromatic rings. The molecule has 0 saturated carbocycles. The lowest BCUT2D eigenvalue weighted by Crippen LogP contribution is -2.28. The van der Waals surface area contributed by atoms with Crippen molar-refractivity contribution < 1.29 is 19.2 Å². The minimum absolute atomic E-state index is 0.0423. The molecule has 1 saturated heterocycles. The topological polar surface area (TPSA) is 89.8 Å². The molecule has 1 aliphatic heterocycles. The van der Waals surface area contributed by atoms with Crippen molar-refractivity contribution in [3.63, 3.8) is 0 Å². The average Bonchev–Trinajstić information content (AvgIpc) is 2.89. The molecule has 3 rings (SSSR count). The van der Waals surface area contributed by atoms with Crippen molar-refractivity contribution >= 4 is 40.4 Å². The van der Waals surface area contributed by atoms with Crippen molar-refractivity contribution in [3.05, 3.63) is 69.1 Å². The Labute approximate surface area is 147 Å². The molecule has 0 aromatic heterocycles. The van der Waals surface area contributed by atoms with Crippen molar-refractivity contribution in [1.29, 1.82) is 0 Å². The summed E-state index contributed by atoms with van der Waals surface area (Å²) in [5, 5.41) is 10.3. The number of carbonyl (C=O) groups is 2. The number of rotatable bonds is 4. The van der Waals surface area contributed by atoms with Gasteiger partial charge in [0.15, 0.2) is 0 Å². The smallest absolute Gasteiger partial charge is 0.298 e. The predicted molar refractivity (Wildman–Crippen MR) is 94.5 cm³/mol. The zero-order chi connectivity index (χ0) is 18.0. The fourth-order valence-electron chi connectivity index (χ4n) is 2.33. The van der Waals surface area contributed by atoms with Gasteiger partial charge in [-0.05, 0) is 47.7 Å². The van der Waals surface area contributed by atoms with Crippen LogP contribution in [0.4, 0.5) is 16.2 Å². The summed E-state index contributed by atoms with van der Waals surface area (Å²) in [6.07, 6.45) is 1.53. The van der Waals surface area contributed by atoms with Crippen LogP contribution in [0.1, 0.15) is 5.56 Å². The van der Waals surface area contributed by atoms with Gasteiger partial charge in [0.1, 0.15) is 5.75 Å². The maximum absolute atomic E-state index is 12.6. The van der Waals surface area contributed by atoms with E-state index in [0.29, 0.717) is 17.0 Å². The van der Waals surface area contributed by atoms with Crippen molar-refractivity contribution in [3.8, 4) is 5.75 Å². The Morgan fingerprint density at radius 2 is 1.80 bits per heavy atom. The summed E-state index contributed by atoms with van der Waals surface area (Å²) in [5.41, 5.74) is 0.926. The van der Waals surface area contributed by atoms with Crippen molar-refractivity contribution in [2.75, 3.05) is 12.0 Å². The maximum Gasteiger partial charge on any atom is 0.298 e. The molecule has 1 aliphatic rings. The quantitative estimate of drug-likeness (QED) is 0.470. The monoisotopic (exact) mass is 356 g/mol. The predicted octanol–water partition coefficient (Wildman–Crippen LogP) is 3.84. The summed E-state index contributed by atoms with van der Waals surface area (Å²) in [6.45, 7) is 0. The van der Waals surface area contributed by atoms with Gasteiger partial charge in [-0.25, -0.2) is 4.90 Å². The van der Waals surface area contributed by atoms with Gasteiger partial charge in [0.25, 0.3) is 16.8 Å². The zero-order valence-corrected chi connectivity index (χ0v) is 13.9. The lowest BCUT2D eigenvalue weighted by atomic mass is 10.2. The zero-order valence-electron chi connectivity index (χ0n) is 13.0. The van der Waals surface area contributed by atoms with E-state index in [2.05, 4.69) is 0 Å². The number of anilines is 1. The molecular formula is C17H12N2O5S. The number of methoxy groups -OCH3 is 1. The SMILES string of the molecule is COc1ccccc1N1C(=O)SC(=Cc2ccc([N+](=O)[O-])cc2)C1=O. The van der Waals surface area contributed by atoms with E-state index >= 15 is 0 Å². The number of amides is 2. The number of imide groups is 1. The minimum atomic E-state index is -0.501. The number of benzene rings is 2. The van der Waals surface area contributed by atoms with Gasteiger partial charge in [0.05, 0.1) is 22.6 Å². The molecule has 8 heteroatoms. The second-order valence-electron chi connectivity index (χ2n) is 5.04. The maximum atomic E-state index is 12.6. The van der Waals surface area contributed by atoms with Crippen LogP contribution in [0.2, 0.25) is 0 Å². The molecule has 0 atom stereocenters. The van der Waals surface area contributed by atoms with E-state index in [-0.39, 0.29) is 10.6 Å². The summed E-state index contributed by atoms with van der Waals surface area (Å²) >= 11 is 0.810. The van der Waals surface area contributed by atoms with Crippen LogP contribution in [0.15, 0.2) is 53.4 Å². The highest BCUT2D eigenvalue weighted by atomic mass is 32.2. The van der Waals surface area contributed by atoms with E-state index in [1.165, 1.54) is 37.5 Å². The number of para-hydroxylation sites is 2. The molecule has 0 radical (unpaired) electrons.